The van der Waals surface area contributed by atoms with Crippen molar-refractivity contribution >= 4 is 28.9 Å². The van der Waals surface area contributed by atoms with Gasteiger partial charge in [-0.05, 0) is 62.9 Å². The molecule has 1 aliphatic rings. The zero-order valence-corrected chi connectivity index (χ0v) is 21.7. The predicted octanol–water partition coefficient (Wildman–Crippen LogP) is 5.23. The third-order valence-electron chi connectivity index (χ3n) is 6.60. The SMILES string of the molecule is CC(C)(CCC1CC(CC(NC(=O)c2cnc3ccccc3n2)c2cccc(F)c2)OC1=O)OC(=O)C(F)(F)F. The molecule has 0 aliphatic carbocycles. The highest BCUT2D eigenvalue weighted by molar-refractivity contribution is 5.94. The number of aromatic nitrogens is 2. The molecule has 0 bridgehead atoms. The van der Waals surface area contributed by atoms with E-state index in [1.807, 2.05) is 0 Å². The summed E-state index contributed by atoms with van der Waals surface area (Å²) in [5.41, 5.74) is 0.179. The second-order valence-corrected chi connectivity index (χ2v) is 10.2. The van der Waals surface area contributed by atoms with Crippen molar-refractivity contribution in [3.05, 3.63) is 71.8 Å². The molecule has 3 atom stereocenters. The third kappa shape index (κ3) is 7.30. The Morgan fingerprint density at radius 1 is 1.12 bits per heavy atom. The van der Waals surface area contributed by atoms with Gasteiger partial charge in [0.2, 0.25) is 0 Å². The lowest BCUT2D eigenvalue weighted by atomic mass is 9.90. The summed E-state index contributed by atoms with van der Waals surface area (Å²) in [6, 6.07) is 11.9. The van der Waals surface area contributed by atoms with Gasteiger partial charge in [0.15, 0.2) is 0 Å². The lowest BCUT2D eigenvalue weighted by Crippen LogP contribution is -2.36. The summed E-state index contributed by atoms with van der Waals surface area (Å²) in [4.78, 5) is 45.4. The number of fused-ring (bicyclic) bond motifs is 1. The van der Waals surface area contributed by atoms with Crippen molar-refractivity contribution in [3.63, 3.8) is 0 Å². The van der Waals surface area contributed by atoms with E-state index < -0.39 is 53.5 Å². The topological polar surface area (TPSA) is 107 Å². The zero-order valence-electron chi connectivity index (χ0n) is 21.7. The van der Waals surface area contributed by atoms with Gasteiger partial charge in [-0.3, -0.25) is 14.6 Å². The minimum absolute atomic E-state index is 0.00794. The number of para-hydroxylation sites is 2. The Morgan fingerprint density at radius 3 is 2.55 bits per heavy atom. The summed E-state index contributed by atoms with van der Waals surface area (Å²) in [6.45, 7) is 2.67. The number of hydrogen-bond donors (Lipinski definition) is 1. The zero-order chi connectivity index (χ0) is 29.1. The number of rotatable bonds is 9. The van der Waals surface area contributed by atoms with E-state index in [1.54, 1.807) is 30.3 Å². The molecular weight excluding hydrogens is 534 g/mol. The number of alkyl halides is 3. The Labute approximate surface area is 227 Å². The standard InChI is InChI=1S/C28H27F4N3O5/c1-27(2,40-26(38)28(30,31)32)11-10-17-13-19(39-25(17)37)14-22(16-6-5-7-18(29)12-16)35-24(36)23-15-33-20-8-3-4-9-21(20)34-23/h3-9,12,15,17,19,22H,10-11,13-14H2,1-2H3,(H,35,36). The van der Waals surface area contributed by atoms with Gasteiger partial charge in [0.25, 0.3) is 5.91 Å². The minimum Gasteiger partial charge on any atom is -0.462 e. The van der Waals surface area contributed by atoms with Crippen LogP contribution in [0.25, 0.3) is 11.0 Å². The number of halogens is 4. The summed E-state index contributed by atoms with van der Waals surface area (Å²) in [5.74, 6) is -4.56. The molecule has 12 heteroatoms. The molecular formula is C28H27F4N3O5. The molecule has 40 heavy (non-hydrogen) atoms. The molecule has 1 aliphatic heterocycles. The number of hydrogen-bond acceptors (Lipinski definition) is 7. The summed E-state index contributed by atoms with van der Waals surface area (Å²) >= 11 is 0. The number of cyclic esters (lactones) is 1. The van der Waals surface area contributed by atoms with Gasteiger partial charge >= 0.3 is 18.1 Å². The van der Waals surface area contributed by atoms with Gasteiger partial charge < -0.3 is 14.8 Å². The van der Waals surface area contributed by atoms with E-state index in [4.69, 9.17) is 4.74 Å². The van der Waals surface area contributed by atoms with E-state index in [1.165, 1.54) is 38.2 Å². The number of carbonyl (C=O) groups is 3. The highest BCUT2D eigenvalue weighted by Crippen LogP contribution is 2.34. The Morgan fingerprint density at radius 2 is 1.85 bits per heavy atom. The fourth-order valence-electron chi connectivity index (χ4n) is 4.55. The molecule has 4 rings (SSSR count). The van der Waals surface area contributed by atoms with E-state index in [2.05, 4.69) is 20.0 Å². The van der Waals surface area contributed by atoms with E-state index in [9.17, 15) is 31.9 Å². The van der Waals surface area contributed by atoms with Crippen molar-refractivity contribution in [1.29, 1.82) is 0 Å². The summed E-state index contributed by atoms with van der Waals surface area (Å²) < 4.78 is 61.8. The Balaban J connectivity index is 1.43. The maximum atomic E-state index is 14.0. The largest absolute Gasteiger partial charge is 0.490 e. The first-order valence-corrected chi connectivity index (χ1v) is 12.6. The van der Waals surface area contributed by atoms with Crippen LogP contribution in [0.4, 0.5) is 17.6 Å². The number of amides is 1. The molecule has 0 radical (unpaired) electrons. The monoisotopic (exact) mass is 561 g/mol. The molecule has 1 saturated heterocycles. The van der Waals surface area contributed by atoms with Crippen LogP contribution in [0.1, 0.15) is 61.6 Å². The van der Waals surface area contributed by atoms with Crippen LogP contribution in [0, 0.1) is 11.7 Å². The fourth-order valence-corrected chi connectivity index (χ4v) is 4.55. The highest BCUT2D eigenvalue weighted by atomic mass is 19.4. The number of ether oxygens (including phenoxy) is 2. The average Bonchev–Trinajstić information content (AvgIpc) is 3.24. The van der Waals surface area contributed by atoms with Crippen molar-refractivity contribution in [2.24, 2.45) is 5.92 Å². The van der Waals surface area contributed by atoms with Crippen LogP contribution in [-0.2, 0) is 19.1 Å². The van der Waals surface area contributed by atoms with Crippen LogP contribution in [0.2, 0.25) is 0 Å². The molecule has 0 saturated carbocycles. The Kier molecular flexibility index (Phi) is 8.36. The number of nitrogens with zero attached hydrogens (tertiary/aromatic N) is 2. The second-order valence-electron chi connectivity index (χ2n) is 10.2. The van der Waals surface area contributed by atoms with Crippen LogP contribution >= 0.6 is 0 Å². The first-order valence-electron chi connectivity index (χ1n) is 12.6. The second kappa shape index (κ2) is 11.6. The van der Waals surface area contributed by atoms with Crippen LogP contribution < -0.4 is 5.32 Å². The van der Waals surface area contributed by atoms with Crippen LogP contribution in [0.5, 0.6) is 0 Å². The molecule has 3 unspecified atom stereocenters. The molecule has 8 nitrogen and oxygen atoms in total. The maximum absolute atomic E-state index is 14.0. The highest BCUT2D eigenvalue weighted by Gasteiger charge is 2.44. The number of benzene rings is 2. The molecule has 2 heterocycles. The average molecular weight is 562 g/mol. The molecule has 212 valence electrons. The summed E-state index contributed by atoms with van der Waals surface area (Å²) in [7, 11) is 0. The lowest BCUT2D eigenvalue weighted by Gasteiger charge is -2.26. The van der Waals surface area contributed by atoms with Gasteiger partial charge in [-0.15, -0.1) is 0 Å². The molecule has 1 fully saturated rings. The minimum atomic E-state index is -5.12. The van der Waals surface area contributed by atoms with Gasteiger partial charge in [0, 0.05) is 6.42 Å². The Hall–Kier alpha value is -4.09. The van der Waals surface area contributed by atoms with Crippen molar-refractivity contribution in [3.8, 4) is 0 Å². The summed E-state index contributed by atoms with van der Waals surface area (Å²) in [6.07, 6.45) is -3.99. The van der Waals surface area contributed by atoms with E-state index in [0.29, 0.717) is 16.6 Å². The van der Waals surface area contributed by atoms with Crippen molar-refractivity contribution in [2.45, 2.75) is 63.5 Å². The quantitative estimate of drug-likeness (QED) is 0.282. The molecule has 3 aromatic rings. The summed E-state index contributed by atoms with van der Waals surface area (Å²) in [5, 5.41) is 2.83. The lowest BCUT2D eigenvalue weighted by molar-refractivity contribution is -0.212. The normalized spacial score (nSPS) is 18.3. The van der Waals surface area contributed by atoms with Gasteiger partial charge in [0.1, 0.15) is 23.2 Å². The molecule has 1 N–H and O–H groups in total. The smallest absolute Gasteiger partial charge is 0.462 e. The van der Waals surface area contributed by atoms with Crippen molar-refractivity contribution in [1.82, 2.24) is 15.3 Å². The molecule has 2 aromatic carbocycles. The number of esters is 2. The van der Waals surface area contributed by atoms with Gasteiger partial charge in [-0.25, -0.2) is 14.2 Å². The molecule has 0 spiro atoms. The number of nitrogens with one attached hydrogen (secondary N) is 1. The maximum Gasteiger partial charge on any atom is 0.490 e. The Bertz CT molecular complexity index is 1410. The van der Waals surface area contributed by atoms with Gasteiger partial charge in [-0.2, -0.15) is 13.2 Å². The first-order chi connectivity index (χ1) is 18.8. The van der Waals surface area contributed by atoms with Crippen LogP contribution in [-0.4, -0.2) is 45.7 Å². The van der Waals surface area contributed by atoms with Crippen LogP contribution in [0.3, 0.4) is 0 Å². The van der Waals surface area contributed by atoms with Gasteiger partial charge in [-0.1, -0.05) is 24.3 Å². The van der Waals surface area contributed by atoms with Crippen LogP contribution in [0.15, 0.2) is 54.7 Å². The molecule has 1 aromatic heterocycles. The fraction of sp³-hybridized carbons (Fsp3) is 0.393. The molecule has 1 amide bonds. The number of carbonyl (C=O) groups excluding carboxylic acids is 3. The van der Waals surface area contributed by atoms with E-state index >= 15 is 0 Å². The van der Waals surface area contributed by atoms with Crippen molar-refractivity contribution in [2.75, 3.05) is 0 Å². The third-order valence-corrected chi connectivity index (χ3v) is 6.60. The van der Waals surface area contributed by atoms with E-state index in [0.717, 1.165) is 0 Å². The van der Waals surface area contributed by atoms with E-state index in [-0.39, 0.29) is 31.4 Å². The first kappa shape index (κ1) is 28.9. The van der Waals surface area contributed by atoms with Crippen molar-refractivity contribution < 1.29 is 41.4 Å². The van der Waals surface area contributed by atoms with Gasteiger partial charge in [0.05, 0.1) is 29.2 Å². The predicted molar refractivity (Wildman–Crippen MR) is 134 cm³/mol.